The molecule has 0 aromatic carbocycles. The summed E-state index contributed by atoms with van der Waals surface area (Å²) in [6, 6.07) is 5.82. The minimum Gasteiger partial charge on any atom is -0.371 e. The van der Waals surface area contributed by atoms with Crippen molar-refractivity contribution in [3.05, 3.63) is 52.5 Å². The van der Waals surface area contributed by atoms with E-state index in [1.165, 1.54) is 0 Å². The standard InChI is InChI=1S/C19H22N2O3S/c22-18(16-4-9-25-13-16)21-8-1-5-19(14-21)10-17(12-24-19)23-11-15-2-6-20-7-3-15/h2-4,6-7,9,13,17H,1,5,8,10-12,14H2/t17-,19-/m0/s1. The molecule has 132 valence electrons. The first-order valence-electron chi connectivity index (χ1n) is 8.70. The van der Waals surface area contributed by atoms with Crippen molar-refractivity contribution in [3.8, 4) is 0 Å². The van der Waals surface area contributed by atoms with Crippen LogP contribution < -0.4 is 0 Å². The molecular formula is C19H22N2O3S. The number of carbonyl (C=O) groups is 1. The van der Waals surface area contributed by atoms with Crippen molar-refractivity contribution in [2.75, 3.05) is 19.7 Å². The fourth-order valence-electron chi connectivity index (χ4n) is 3.73. The SMILES string of the molecule is O=C(c1ccsc1)N1CCC[C@]2(C[C@H](OCc3ccncc3)CO2)C1. The van der Waals surface area contributed by atoms with E-state index in [1.807, 2.05) is 33.9 Å². The predicted octanol–water partition coefficient (Wildman–Crippen LogP) is 3.12. The van der Waals surface area contributed by atoms with Crippen LogP contribution in [0.25, 0.3) is 0 Å². The van der Waals surface area contributed by atoms with Crippen molar-refractivity contribution in [2.24, 2.45) is 0 Å². The number of aromatic nitrogens is 1. The maximum atomic E-state index is 12.6. The number of hydrogen-bond donors (Lipinski definition) is 0. The zero-order chi connectivity index (χ0) is 17.1. The lowest BCUT2D eigenvalue weighted by atomic mass is 9.89. The van der Waals surface area contributed by atoms with Crippen molar-refractivity contribution in [1.29, 1.82) is 0 Å². The van der Waals surface area contributed by atoms with Gasteiger partial charge in [-0.25, -0.2) is 0 Å². The average Bonchev–Trinajstić information content (AvgIpc) is 3.31. The molecule has 1 amide bonds. The fraction of sp³-hybridized carbons (Fsp3) is 0.474. The van der Waals surface area contributed by atoms with Crippen LogP contribution in [0, 0.1) is 0 Å². The lowest BCUT2D eigenvalue weighted by Crippen LogP contribution is -2.50. The lowest BCUT2D eigenvalue weighted by Gasteiger charge is -2.39. The molecule has 2 aromatic rings. The van der Waals surface area contributed by atoms with E-state index in [9.17, 15) is 4.79 Å². The smallest absolute Gasteiger partial charge is 0.254 e. The highest BCUT2D eigenvalue weighted by atomic mass is 32.1. The van der Waals surface area contributed by atoms with Gasteiger partial charge in [0, 0.05) is 30.7 Å². The van der Waals surface area contributed by atoms with Gasteiger partial charge in [-0.15, -0.1) is 0 Å². The highest BCUT2D eigenvalue weighted by Crippen LogP contribution is 2.36. The van der Waals surface area contributed by atoms with Crippen molar-refractivity contribution in [2.45, 2.75) is 37.6 Å². The van der Waals surface area contributed by atoms with E-state index in [-0.39, 0.29) is 17.6 Å². The van der Waals surface area contributed by atoms with Crippen LogP contribution in [0.4, 0.5) is 0 Å². The molecule has 0 radical (unpaired) electrons. The van der Waals surface area contributed by atoms with Gasteiger partial charge >= 0.3 is 0 Å². The van der Waals surface area contributed by atoms with E-state index in [1.54, 1.807) is 23.7 Å². The molecule has 2 aliphatic heterocycles. The fourth-order valence-corrected chi connectivity index (χ4v) is 4.36. The molecule has 0 saturated carbocycles. The summed E-state index contributed by atoms with van der Waals surface area (Å²) in [5.74, 6) is 0.116. The molecule has 0 N–H and O–H groups in total. The Kier molecular flexibility index (Phi) is 4.83. The van der Waals surface area contributed by atoms with Gasteiger partial charge in [-0.1, -0.05) is 0 Å². The highest BCUT2D eigenvalue weighted by Gasteiger charge is 2.45. The molecule has 25 heavy (non-hydrogen) atoms. The van der Waals surface area contributed by atoms with Crippen molar-refractivity contribution >= 4 is 17.2 Å². The molecule has 2 aromatic heterocycles. The second kappa shape index (κ2) is 7.23. The molecule has 2 atom stereocenters. The predicted molar refractivity (Wildman–Crippen MR) is 95.6 cm³/mol. The minimum absolute atomic E-state index is 0.0874. The van der Waals surface area contributed by atoms with Crippen LogP contribution in [0.5, 0.6) is 0 Å². The lowest BCUT2D eigenvalue weighted by molar-refractivity contribution is -0.0466. The maximum absolute atomic E-state index is 12.6. The minimum atomic E-state index is -0.243. The maximum Gasteiger partial charge on any atom is 0.254 e. The Hall–Kier alpha value is -1.76. The third-order valence-electron chi connectivity index (χ3n) is 5.00. The molecule has 2 saturated heterocycles. The molecule has 4 heterocycles. The van der Waals surface area contributed by atoms with Crippen molar-refractivity contribution in [1.82, 2.24) is 9.88 Å². The number of piperidine rings is 1. The zero-order valence-corrected chi connectivity index (χ0v) is 14.9. The largest absolute Gasteiger partial charge is 0.371 e. The van der Waals surface area contributed by atoms with Crippen LogP contribution in [0.1, 0.15) is 35.2 Å². The van der Waals surface area contributed by atoms with E-state index in [0.29, 0.717) is 19.8 Å². The number of rotatable bonds is 4. The van der Waals surface area contributed by atoms with Crippen LogP contribution in [0.2, 0.25) is 0 Å². The summed E-state index contributed by atoms with van der Waals surface area (Å²) in [5, 5.41) is 3.86. The van der Waals surface area contributed by atoms with Gasteiger partial charge < -0.3 is 14.4 Å². The molecule has 0 bridgehead atoms. The average molecular weight is 358 g/mol. The summed E-state index contributed by atoms with van der Waals surface area (Å²) in [6.07, 6.45) is 6.47. The molecule has 2 fully saturated rings. The van der Waals surface area contributed by atoms with E-state index in [4.69, 9.17) is 9.47 Å². The van der Waals surface area contributed by atoms with Gasteiger partial charge in [0.15, 0.2) is 0 Å². The number of pyridine rings is 1. The molecule has 0 aliphatic carbocycles. The second-order valence-electron chi connectivity index (χ2n) is 6.83. The Morgan fingerprint density at radius 1 is 1.40 bits per heavy atom. The number of thiophene rings is 1. The van der Waals surface area contributed by atoms with Crippen LogP contribution in [0.3, 0.4) is 0 Å². The van der Waals surface area contributed by atoms with Crippen LogP contribution in [0.15, 0.2) is 41.4 Å². The summed E-state index contributed by atoms with van der Waals surface area (Å²) < 4.78 is 12.2. The Bertz CT molecular complexity index is 707. The van der Waals surface area contributed by atoms with Gasteiger partial charge in [0.1, 0.15) is 0 Å². The van der Waals surface area contributed by atoms with Crippen LogP contribution in [-0.4, -0.2) is 47.2 Å². The summed E-state index contributed by atoms with van der Waals surface area (Å²) in [5.41, 5.74) is 1.66. The quantitative estimate of drug-likeness (QED) is 0.843. The number of carbonyl (C=O) groups excluding carboxylic acids is 1. The summed E-state index contributed by atoms with van der Waals surface area (Å²) in [7, 11) is 0. The molecule has 6 heteroatoms. The number of ether oxygens (including phenoxy) is 2. The van der Waals surface area contributed by atoms with Gasteiger partial charge in [-0.05, 0) is 42.0 Å². The third-order valence-corrected chi connectivity index (χ3v) is 5.69. The van der Waals surface area contributed by atoms with Crippen molar-refractivity contribution in [3.63, 3.8) is 0 Å². The van der Waals surface area contributed by atoms with Gasteiger partial charge in [0.25, 0.3) is 5.91 Å². The first kappa shape index (κ1) is 16.7. The van der Waals surface area contributed by atoms with Crippen molar-refractivity contribution < 1.29 is 14.3 Å². The Morgan fingerprint density at radius 3 is 3.08 bits per heavy atom. The summed E-state index contributed by atoms with van der Waals surface area (Å²) in [4.78, 5) is 18.6. The molecule has 1 spiro atoms. The van der Waals surface area contributed by atoms with Gasteiger partial charge in [0.2, 0.25) is 0 Å². The van der Waals surface area contributed by atoms with Crippen LogP contribution >= 0.6 is 11.3 Å². The molecule has 5 nitrogen and oxygen atoms in total. The van der Waals surface area contributed by atoms with E-state index >= 15 is 0 Å². The molecule has 0 unspecified atom stereocenters. The van der Waals surface area contributed by atoms with E-state index in [0.717, 1.165) is 36.9 Å². The zero-order valence-electron chi connectivity index (χ0n) is 14.1. The Morgan fingerprint density at radius 2 is 2.28 bits per heavy atom. The summed E-state index contributed by atoms with van der Waals surface area (Å²) >= 11 is 1.56. The first-order valence-corrected chi connectivity index (χ1v) is 9.64. The topological polar surface area (TPSA) is 51.7 Å². The summed E-state index contributed by atoms with van der Waals surface area (Å²) in [6.45, 7) is 2.65. The first-order chi connectivity index (χ1) is 12.2. The Labute approximate surface area is 151 Å². The molecule has 4 rings (SSSR count). The van der Waals surface area contributed by atoms with Gasteiger partial charge in [-0.3, -0.25) is 9.78 Å². The van der Waals surface area contributed by atoms with E-state index < -0.39 is 0 Å². The van der Waals surface area contributed by atoms with Crippen LogP contribution in [-0.2, 0) is 16.1 Å². The third kappa shape index (κ3) is 3.76. The molecular weight excluding hydrogens is 336 g/mol. The Balaban J connectivity index is 1.35. The van der Waals surface area contributed by atoms with Gasteiger partial charge in [-0.2, -0.15) is 11.3 Å². The highest BCUT2D eigenvalue weighted by molar-refractivity contribution is 7.08. The number of nitrogens with zero attached hydrogens (tertiary/aromatic N) is 2. The second-order valence-corrected chi connectivity index (χ2v) is 7.61. The van der Waals surface area contributed by atoms with E-state index in [2.05, 4.69) is 4.98 Å². The number of hydrogen-bond acceptors (Lipinski definition) is 5. The normalized spacial score (nSPS) is 26.2. The number of likely N-dealkylation sites (tertiary alicyclic amines) is 1. The number of amides is 1. The molecule has 2 aliphatic rings. The van der Waals surface area contributed by atoms with Gasteiger partial charge in [0.05, 0.1) is 37.0 Å². The monoisotopic (exact) mass is 358 g/mol.